The number of carbonyl (C=O) groups excluding carboxylic acids is 1. The van der Waals surface area contributed by atoms with Crippen LogP contribution in [-0.2, 0) is 4.74 Å². The summed E-state index contributed by atoms with van der Waals surface area (Å²) in [6.45, 7) is 9.55. The van der Waals surface area contributed by atoms with Crippen molar-refractivity contribution in [3.05, 3.63) is 0 Å². The number of nitrogens with one attached hydrogen (secondary N) is 1. The number of aliphatic hydroxyl groups is 1. The fourth-order valence-electron chi connectivity index (χ4n) is 2.93. The van der Waals surface area contributed by atoms with Crippen molar-refractivity contribution >= 4 is 6.09 Å². The van der Waals surface area contributed by atoms with Crippen LogP contribution in [0.25, 0.3) is 0 Å². The van der Waals surface area contributed by atoms with Gasteiger partial charge in [0.1, 0.15) is 11.7 Å². The molecule has 132 valence electrons. The summed E-state index contributed by atoms with van der Waals surface area (Å²) in [7, 11) is 0. The van der Waals surface area contributed by atoms with Gasteiger partial charge in [0, 0.05) is 18.4 Å². The third-order valence-corrected chi connectivity index (χ3v) is 3.94. The van der Waals surface area contributed by atoms with E-state index in [1.807, 2.05) is 34.6 Å². The number of hydrogen-bond acceptors (Lipinski definition) is 3. The summed E-state index contributed by atoms with van der Waals surface area (Å²) in [6.07, 6.45) is 5.15. The Morgan fingerprint density at radius 3 is 2.35 bits per heavy atom. The number of hydrogen-bond donors (Lipinski definition) is 2. The SMILES string of the molecule is CC(C)C#C[C@H](O)C[C@H](NC(=O)OC(C)(C)C)C1CCCCC1. The Balaban J connectivity index is 2.69. The highest BCUT2D eigenvalue weighted by atomic mass is 16.6. The highest BCUT2D eigenvalue weighted by Gasteiger charge is 2.28. The lowest BCUT2D eigenvalue weighted by atomic mass is 9.82. The molecule has 1 fully saturated rings. The predicted molar refractivity (Wildman–Crippen MR) is 93.0 cm³/mol. The molecule has 4 heteroatoms. The van der Waals surface area contributed by atoms with E-state index in [0.717, 1.165) is 12.8 Å². The molecule has 0 bridgehead atoms. The van der Waals surface area contributed by atoms with Gasteiger partial charge in [-0.2, -0.15) is 0 Å². The monoisotopic (exact) mass is 323 g/mol. The third kappa shape index (κ3) is 8.86. The van der Waals surface area contributed by atoms with Crippen molar-refractivity contribution in [2.45, 2.75) is 90.9 Å². The maximum Gasteiger partial charge on any atom is 0.407 e. The van der Waals surface area contributed by atoms with Crippen LogP contribution in [0.15, 0.2) is 0 Å². The molecule has 0 saturated heterocycles. The summed E-state index contributed by atoms with van der Waals surface area (Å²) in [5.41, 5.74) is -0.517. The zero-order valence-electron chi connectivity index (χ0n) is 15.3. The smallest absolute Gasteiger partial charge is 0.407 e. The molecule has 0 unspecified atom stereocenters. The molecule has 23 heavy (non-hydrogen) atoms. The molecule has 0 aromatic heterocycles. The van der Waals surface area contributed by atoms with Gasteiger partial charge in [-0.15, -0.1) is 0 Å². The molecule has 2 N–H and O–H groups in total. The molecule has 0 heterocycles. The van der Waals surface area contributed by atoms with Crippen molar-refractivity contribution in [1.82, 2.24) is 5.32 Å². The third-order valence-electron chi connectivity index (χ3n) is 3.94. The molecular formula is C19H33NO3. The Labute approximate surface area is 141 Å². The minimum Gasteiger partial charge on any atom is -0.444 e. The fourth-order valence-corrected chi connectivity index (χ4v) is 2.93. The Kier molecular flexibility index (Phi) is 7.91. The van der Waals surface area contributed by atoms with E-state index in [1.165, 1.54) is 19.3 Å². The average molecular weight is 323 g/mol. The zero-order chi connectivity index (χ0) is 17.5. The highest BCUT2D eigenvalue weighted by molar-refractivity contribution is 5.68. The van der Waals surface area contributed by atoms with Crippen molar-refractivity contribution in [1.29, 1.82) is 0 Å². The molecule has 1 aliphatic rings. The number of ether oxygens (including phenoxy) is 1. The van der Waals surface area contributed by atoms with Crippen LogP contribution in [0.1, 0.15) is 73.1 Å². The summed E-state index contributed by atoms with van der Waals surface area (Å²) in [5, 5.41) is 13.2. The van der Waals surface area contributed by atoms with E-state index >= 15 is 0 Å². The van der Waals surface area contributed by atoms with E-state index in [0.29, 0.717) is 12.3 Å². The van der Waals surface area contributed by atoms with Crippen molar-refractivity contribution in [3.8, 4) is 11.8 Å². The first kappa shape index (κ1) is 19.8. The standard InChI is InChI=1S/C19H33NO3/c1-14(2)11-12-16(21)13-17(15-9-7-6-8-10-15)20-18(22)23-19(3,4)5/h14-17,21H,6-10,13H2,1-5H3,(H,20,22)/t16-,17-/m0/s1. The van der Waals surface area contributed by atoms with Crippen LogP contribution in [0.3, 0.4) is 0 Å². The lowest BCUT2D eigenvalue weighted by Gasteiger charge is -2.32. The zero-order valence-corrected chi connectivity index (χ0v) is 15.3. The molecule has 0 aromatic rings. The number of carbonyl (C=O) groups is 1. The highest BCUT2D eigenvalue weighted by Crippen LogP contribution is 2.28. The first-order chi connectivity index (χ1) is 10.7. The maximum absolute atomic E-state index is 12.1. The lowest BCUT2D eigenvalue weighted by Crippen LogP contribution is -2.45. The lowest BCUT2D eigenvalue weighted by molar-refractivity contribution is 0.0456. The van der Waals surface area contributed by atoms with Crippen LogP contribution in [0.4, 0.5) is 4.79 Å². The van der Waals surface area contributed by atoms with E-state index in [-0.39, 0.29) is 12.0 Å². The van der Waals surface area contributed by atoms with Gasteiger partial charge < -0.3 is 15.2 Å². The molecule has 1 amide bonds. The summed E-state index contributed by atoms with van der Waals surface area (Å²) in [5.74, 6) is 6.52. The second kappa shape index (κ2) is 9.17. The van der Waals surface area contributed by atoms with Crippen molar-refractivity contribution in [3.63, 3.8) is 0 Å². The first-order valence-electron chi connectivity index (χ1n) is 8.86. The van der Waals surface area contributed by atoms with Gasteiger partial charge in [-0.1, -0.05) is 45.0 Å². The van der Waals surface area contributed by atoms with E-state index in [9.17, 15) is 9.90 Å². The second-order valence-electron chi connectivity index (χ2n) is 7.85. The van der Waals surface area contributed by atoms with Crippen LogP contribution in [-0.4, -0.2) is 28.9 Å². The van der Waals surface area contributed by atoms with E-state index in [4.69, 9.17) is 4.74 Å². The van der Waals surface area contributed by atoms with Crippen LogP contribution >= 0.6 is 0 Å². The van der Waals surface area contributed by atoms with Gasteiger partial charge in [0.2, 0.25) is 0 Å². The van der Waals surface area contributed by atoms with Crippen LogP contribution < -0.4 is 5.32 Å². The molecule has 1 rings (SSSR count). The molecule has 0 radical (unpaired) electrons. The molecule has 4 nitrogen and oxygen atoms in total. The van der Waals surface area contributed by atoms with Gasteiger partial charge in [-0.3, -0.25) is 0 Å². The molecule has 2 atom stereocenters. The van der Waals surface area contributed by atoms with E-state index < -0.39 is 17.8 Å². The van der Waals surface area contributed by atoms with Gasteiger partial charge in [0.25, 0.3) is 0 Å². The Bertz CT molecular complexity index is 422. The van der Waals surface area contributed by atoms with Crippen molar-refractivity contribution < 1.29 is 14.6 Å². The minimum atomic E-state index is -0.709. The van der Waals surface area contributed by atoms with Crippen LogP contribution in [0.5, 0.6) is 0 Å². The normalized spacial score (nSPS) is 18.7. The average Bonchev–Trinajstić information content (AvgIpc) is 2.43. The Morgan fingerprint density at radius 1 is 1.22 bits per heavy atom. The van der Waals surface area contributed by atoms with Crippen LogP contribution in [0.2, 0.25) is 0 Å². The van der Waals surface area contributed by atoms with Gasteiger partial charge in [-0.25, -0.2) is 4.79 Å². The van der Waals surface area contributed by atoms with Gasteiger partial charge in [0.05, 0.1) is 0 Å². The number of aliphatic hydroxyl groups excluding tert-OH is 1. The van der Waals surface area contributed by atoms with Crippen LogP contribution in [0, 0.1) is 23.7 Å². The second-order valence-corrected chi connectivity index (χ2v) is 7.85. The molecule has 0 spiro atoms. The number of rotatable bonds is 4. The largest absolute Gasteiger partial charge is 0.444 e. The van der Waals surface area contributed by atoms with Gasteiger partial charge in [-0.05, 0) is 39.5 Å². The molecule has 1 saturated carbocycles. The summed E-state index contributed by atoms with van der Waals surface area (Å²) in [4.78, 5) is 12.1. The topological polar surface area (TPSA) is 58.6 Å². The van der Waals surface area contributed by atoms with E-state index in [2.05, 4.69) is 17.2 Å². The Hall–Kier alpha value is -1.21. The molecule has 0 aromatic carbocycles. The summed E-state index contributed by atoms with van der Waals surface area (Å²) < 4.78 is 5.37. The van der Waals surface area contributed by atoms with E-state index in [1.54, 1.807) is 0 Å². The quantitative estimate of drug-likeness (QED) is 0.772. The first-order valence-corrected chi connectivity index (χ1v) is 8.86. The predicted octanol–water partition coefficient (Wildman–Crippen LogP) is 3.87. The summed E-state index contributed by atoms with van der Waals surface area (Å²) >= 11 is 0. The van der Waals surface area contributed by atoms with Crippen molar-refractivity contribution in [2.24, 2.45) is 11.8 Å². The van der Waals surface area contributed by atoms with Crippen molar-refractivity contribution in [2.75, 3.05) is 0 Å². The van der Waals surface area contributed by atoms with Gasteiger partial charge in [0.15, 0.2) is 0 Å². The number of alkyl carbamates (subject to hydrolysis) is 1. The summed E-state index contributed by atoms with van der Waals surface area (Å²) in [6, 6.07) is -0.0818. The molecular weight excluding hydrogens is 290 g/mol. The number of amides is 1. The molecule has 1 aliphatic carbocycles. The Morgan fingerprint density at radius 2 is 1.83 bits per heavy atom. The molecule has 0 aliphatic heterocycles. The maximum atomic E-state index is 12.1. The minimum absolute atomic E-state index is 0.0818. The fraction of sp³-hybridized carbons (Fsp3) is 0.842. The van der Waals surface area contributed by atoms with Gasteiger partial charge >= 0.3 is 6.09 Å².